The Balaban J connectivity index is 1.48. The van der Waals surface area contributed by atoms with Crippen LogP contribution in [0.2, 0.25) is 0 Å². The van der Waals surface area contributed by atoms with Gasteiger partial charge in [-0.25, -0.2) is 9.18 Å². The van der Waals surface area contributed by atoms with Crippen LogP contribution in [0.15, 0.2) is 48.5 Å². The minimum Gasteiger partial charge on any atom is -0.462 e. The zero-order valence-electron chi connectivity index (χ0n) is 16.6. The molecule has 0 saturated carbocycles. The first-order valence-corrected chi connectivity index (χ1v) is 10.2. The number of esters is 1. The molecule has 10 heteroatoms. The lowest BCUT2D eigenvalue weighted by atomic mass is 10.2. The number of benzene rings is 2. The van der Waals surface area contributed by atoms with E-state index in [9.17, 15) is 18.8 Å². The molecular weight excluding hydrogens is 423 g/mol. The molecular formula is C21H19FN4O4S. The molecule has 0 bridgehead atoms. The summed E-state index contributed by atoms with van der Waals surface area (Å²) in [5.41, 5.74) is 1.39. The quantitative estimate of drug-likeness (QED) is 0.515. The summed E-state index contributed by atoms with van der Waals surface area (Å²) in [5.74, 6) is -1.52. The van der Waals surface area contributed by atoms with Gasteiger partial charge in [-0.05, 0) is 55.5 Å². The highest BCUT2D eigenvalue weighted by Crippen LogP contribution is 2.16. The number of aromatic nitrogens is 2. The number of anilines is 2. The first kappa shape index (κ1) is 22.0. The normalized spacial score (nSPS) is 10.4. The summed E-state index contributed by atoms with van der Waals surface area (Å²) < 4.78 is 17.8. The molecule has 1 heterocycles. The van der Waals surface area contributed by atoms with Gasteiger partial charge in [-0.1, -0.05) is 11.3 Å². The summed E-state index contributed by atoms with van der Waals surface area (Å²) in [4.78, 5) is 36.0. The highest BCUT2D eigenvalue weighted by molar-refractivity contribution is 7.13. The molecule has 0 aliphatic rings. The van der Waals surface area contributed by atoms with Crippen LogP contribution in [0.5, 0.6) is 0 Å². The SMILES string of the molecule is CCOC(=O)c1ccc(NC(=O)CCc2nnc(C(=O)Nc3ccc(F)cc3)s2)cc1. The Bertz CT molecular complexity index is 1070. The van der Waals surface area contributed by atoms with E-state index in [2.05, 4.69) is 20.8 Å². The van der Waals surface area contributed by atoms with Gasteiger partial charge in [-0.2, -0.15) is 0 Å². The monoisotopic (exact) mass is 442 g/mol. The topological polar surface area (TPSA) is 110 Å². The molecule has 0 aliphatic carbocycles. The van der Waals surface area contributed by atoms with Crippen LogP contribution in [0.4, 0.5) is 15.8 Å². The Morgan fingerprint density at radius 3 is 2.29 bits per heavy atom. The molecule has 3 rings (SSSR count). The first-order chi connectivity index (χ1) is 14.9. The van der Waals surface area contributed by atoms with Crippen molar-refractivity contribution >= 4 is 40.5 Å². The van der Waals surface area contributed by atoms with Crippen LogP contribution < -0.4 is 10.6 Å². The van der Waals surface area contributed by atoms with Gasteiger partial charge < -0.3 is 15.4 Å². The van der Waals surface area contributed by atoms with Gasteiger partial charge >= 0.3 is 5.97 Å². The van der Waals surface area contributed by atoms with E-state index in [-0.39, 0.29) is 17.3 Å². The summed E-state index contributed by atoms with van der Waals surface area (Å²) in [6, 6.07) is 11.8. The number of nitrogens with one attached hydrogen (secondary N) is 2. The molecule has 0 atom stereocenters. The summed E-state index contributed by atoms with van der Waals surface area (Å²) >= 11 is 1.08. The van der Waals surface area contributed by atoms with Crippen LogP contribution >= 0.6 is 11.3 Å². The van der Waals surface area contributed by atoms with Crippen LogP contribution in [0, 0.1) is 5.82 Å². The maximum absolute atomic E-state index is 12.9. The predicted octanol–water partition coefficient (Wildman–Crippen LogP) is 3.68. The lowest BCUT2D eigenvalue weighted by Crippen LogP contribution is -2.12. The smallest absolute Gasteiger partial charge is 0.338 e. The molecule has 0 spiro atoms. The molecule has 8 nitrogen and oxygen atoms in total. The van der Waals surface area contributed by atoms with Crippen LogP contribution in [0.1, 0.15) is 38.5 Å². The standard InChI is InChI=1S/C21H19FN4O4S/c1-2-30-21(29)13-3-7-15(8-4-13)23-17(27)11-12-18-25-26-20(31-18)19(28)24-16-9-5-14(22)6-10-16/h3-10H,2,11-12H2,1H3,(H,23,27)(H,24,28). The van der Waals surface area contributed by atoms with Gasteiger partial charge in [0.1, 0.15) is 10.8 Å². The average Bonchev–Trinajstić information content (AvgIpc) is 3.24. The molecule has 0 saturated heterocycles. The second kappa shape index (κ2) is 10.4. The van der Waals surface area contributed by atoms with Gasteiger partial charge in [0.05, 0.1) is 12.2 Å². The van der Waals surface area contributed by atoms with Crippen LogP contribution in [-0.2, 0) is 16.0 Å². The second-order valence-corrected chi connectivity index (χ2v) is 7.37. The zero-order valence-corrected chi connectivity index (χ0v) is 17.4. The molecule has 0 aliphatic heterocycles. The molecule has 0 fully saturated rings. The van der Waals surface area contributed by atoms with Crippen LogP contribution in [-0.4, -0.2) is 34.6 Å². The largest absolute Gasteiger partial charge is 0.462 e. The maximum atomic E-state index is 12.9. The number of halogens is 1. The number of nitrogens with zero attached hydrogens (tertiary/aromatic N) is 2. The van der Waals surface area contributed by atoms with Gasteiger partial charge in [0.15, 0.2) is 0 Å². The molecule has 0 radical (unpaired) electrons. The minimum atomic E-state index is -0.457. The Kier molecular flexibility index (Phi) is 7.39. The Labute approximate surface area is 181 Å². The number of ether oxygens (including phenoxy) is 1. The fourth-order valence-corrected chi connectivity index (χ4v) is 3.25. The molecule has 1 aromatic heterocycles. The summed E-state index contributed by atoms with van der Waals surface area (Å²) in [5, 5.41) is 13.8. The van der Waals surface area contributed by atoms with Crippen molar-refractivity contribution in [1.29, 1.82) is 0 Å². The Morgan fingerprint density at radius 2 is 1.61 bits per heavy atom. The van der Waals surface area contributed by atoms with E-state index < -0.39 is 17.7 Å². The molecule has 2 amide bonds. The van der Waals surface area contributed by atoms with Gasteiger partial charge in [0.25, 0.3) is 5.91 Å². The van der Waals surface area contributed by atoms with E-state index in [1.807, 2.05) is 0 Å². The molecule has 2 N–H and O–H groups in total. The lowest BCUT2D eigenvalue weighted by molar-refractivity contribution is -0.116. The van der Waals surface area contributed by atoms with Crippen LogP contribution in [0.25, 0.3) is 0 Å². The second-order valence-electron chi connectivity index (χ2n) is 6.31. The summed E-state index contributed by atoms with van der Waals surface area (Å²) in [7, 11) is 0. The minimum absolute atomic E-state index is 0.147. The number of hydrogen-bond donors (Lipinski definition) is 2. The third-order valence-electron chi connectivity index (χ3n) is 4.01. The van der Waals surface area contributed by atoms with Gasteiger partial charge in [0.2, 0.25) is 10.9 Å². The van der Waals surface area contributed by atoms with E-state index in [0.29, 0.717) is 35.0 Å². The van der Waals surface area contributed by atoms with Crippen molar-refractivity contribution in [2.24, 2.45) is 0 Å². The van der Waals surface area contributed by atoms with Gasteiger partial charge in [-0.3, -0.25) is 9.59 Å². The third-order valence-corrected chi connectivity index (χ3v) is 4.99. The fraction of sp³-hybridized carbons (Fsp3) is 0.190. The molecule has 31 heavy (non-hydrogen) atoms. The Hall–Kier alpha value is -3.66. The van der Waals surface area contributed by atoms with Gasteiger partial charge in [-0.15, -0.1) is 10.2 Å². The molecule has 2 aromatic carbocycles. The van der Waals surface area contributed by atoms with E-state index in [4.69, 9.17) is 4.74 Å². The van der Waals surface area contributed by atoms with E-state index in [0.717, 1.165) is 11.3 Å². The highest BCUT2D eigenvalue weighted by Gasteiger charge is 2.14. The molecule has 160 valence electrons. The number of rotatable bonds is 8. The van der Waals surface area contributed by atoms with Crippen molar-refractivity contribution < 1.29 is 23.5 Å². The number of carbonyl (C=O) groups excluding carboxylic acids is 3. The maximum Gasteiger partial charge on any atom is 0.338 e. The Morgan fingerprint density at radius 1 is 0.968 bits per heavy atom. The van der Waals surface area contributed by atoms with Crippen molar-refractivity contribution in [2.45, 2.75) is 19.8 Å². The van der Waals surface area contributed by atoms with E-state index in [1.54, 1.807) is 31.2 Å². The predicted molar refractivity (Wildman–Crippen MR) is 114 cm³/mol. The van der Waals surface area contributed by atoms with Crippen molar-refractivity contribution in [1.82, 2.24) is 10.2 Å². The van der Waals surface area contributed by atoms with Crippen molar-refractivity contribution in [2.75, 3.05) is 17.2 Å². The number of aryl methyl sites for hydroxylation is 1. The lowest BCUT2D eigenvalue weighted by Gasteiger charge is -2.06. The number of hydrogen-bond acceptors (Lipinski definition) is 7. The summed E-state index contributed by atoms with van der Waals surface area (Å²) in [6.45, 7) is 2.02. The fourth-order valence-electron chi connectivity index (χ4n) is 2.51. The number of carbonyl (C=O) groups is 3. The third kappa shape index (κ3) is 6.41. The highest BCUT2D eigenvalue weighted by atomic mass is 32.1. The van der Waals surface area contributed by atoms with Crippen molar-refractivity contribution in [3.63, 3.8) is 0 Å². The van der Waals surface area contributed by atoms with E-state index >= 15 is 0 Å². The molecule has 3 aromatic rings. The van der Waals surface area contributed by atoms with Crippen molar-refractivity contribution in [3.05, 3.63) is 69.9 Å². The molecule has 0 unspecified atom stereocenters. The van der Waals surface area contributed by atoms with Gasteiger partial charge in [0, 0.05) is 24.2 Å². The van der Waals surface area contributed by atoms with Crippen molar-refractivity contribution in [3.8, 4) is 0 Å². The first-order valence-electron chi connectivity index (χ1n) is 9.41. The van der Waals surface area contributed by atoms with Crippen LogP contribution in [0.3, 0.4) is 0 Å². The zero-order chi connectivity index (χ0) is 22.2. The average molecular weight is 442 g/mol. The summed E-state index contributed by atoms with van der Waals surface area (Å²) in [6.07, 6.45) is 0.460. The van der Waals surface area contributed by atoms with E-state index in [1.165, 1.54) is 24.3 Å². The number of amides is 2.